The van der Waals surface area contributed by atoms with E-state index < -0.39 is 0 Å². The monoisotopic (exact) mass is 642 g/mol. The molecule has 1 aromatic heterocycles. The van der Waals surface area contributed by atoms with Gasteiger partial charge in [0.2, 0.25) is 23.6 Å². The van der Waals surface area contributed by atoms with Gasteiger partial charge in [-0.3, -0.25) is 4.79 Å². The predicted octanol–water partition coefficient (Wildman–Crippen LogP) is 8.33. The fraction of sp³-hybridized carbons (Fsp3) is 0.0909. The second-order valence-electron chi connectivity index (χ2n) is 9.43. The maximum Gasteiger partial charge on any atom is 0.233 e. The van der Waals surface area contributed by atoms with E-state index in [4.69, 9.17) is 37.4 Å². The van der Waals surface area contributed by atoms with Crippen LogP contribution in [0.5, 0.6) is 17.2 Å². The smallest absolute Gasteiger partial charge is 0.233 e. The Kier molecular flexibility index (Phi) is 9.98. The molecule has 1 heterocycles. The van der Waals surface area contributed by atoms with Gasteiger partial charge in [0, 0.05) is 32.7 Å². The molecule has 0 spiro atoms. The number of hydrogen-bond acceptors (Lipinski definition) is 10. The average Bonchev–Trinajstić information content (AvgIpc) is 3.05. The van der Waals surface area contributed by atoms with Gasteiger partial charge in [-0.2, -0.15) is 15.0 Å². The van der Waals surface area contributed by atoms with Gasteiger partial charge in [-0.05, 0) is 96.6 Å². The third-order valence-electron chi connectivity index (χ3n) is 6.38. The lowest BCUT2D eigenvalue weighted by atomic mass is 10.1. The molecule has 0 aliphatic heterocycles. The number of halogens is 2. The van der Waals surface area contributed by atoms with Crippen molar-refractivity contribution < 1.29 is 19.0 Å². The van der Waals surface area contributed by atoms with Crippen molar-refractivity contribution in [3.63, 3.8) is 0 Å². The van der Waals surface area contributed by atoms with Crippen molar-refractivity contribution in [2.24, 2.45) is 0 Å². The molecule has 0 fully saturated rings. The Labute approximate surface area is 270 Å². The van der Waals surface area contributed by atoms with Crippen molar-refractivity contribution in [1.29, 1.82) is 0 Å². The number of nitrogens with zero attached hydrogens (tertiary/aromatic N) is 3. The summed E-state index contributed by atoms with van der Waals surface area (Å²) in [4.78, 5) is 26.5. The van der Waals surface area contributed by atoms with E-state index in [1.807, 2.05) is 24.3 Å². The minimum absolute atomic E-state index is 0.181. The minimum atomic E-state index is -0.181. The van der Waals surface area contributed by atoms with E-state index in [0.717, 1.165) is 16.9 Å². The van der Waals surface area contributed by atoms with E-state index in [-0.39, 0.29) is 11.7 Å². The number of carbonyl (C=O) groups is 1. The first-order chi connectivity index (χ1) is 21.8. The summed E-state index contributed by atoms with van der Waals surface area (Å²) in [6.07, 6.45) is 3.17. The Hall–Kier alpha value is -5.32. The fourth-order valence-corrected chi connectivity index (χ4v) is 4.43. The topological polar surface area (TPSA) is 120 Å². The molecule has 4 aromatic carbocycles. The molecule has 10 nitrogen and oxygen atoms in total. The predicted molar refractivity (Wildman–Crippen MR) is 178 cm³/mol. The van der Waals surface area contributed by atoms with Gasteiger partial charge in [0.25, 0.3) is 0 Å². The number of nitrogens with one attached hydrogen (secondary N) is 3. The zero-order valence-corrected chi connectivity index (χ0v) is 26.0. The van der Waals surface area contributed by atoms with Crippen LogP contribution in [0.15, 0.2) is 91.0 Å². The second kappa shape index (κ2) is 14.4. The van der Waals surface area contributed by atoms with Crippen LogP contribution < -0.4 is 30.2 Å². The first-order valence-corrected chi connectivity index (χ1v) is 14.3. The van der Waals surface area contributed by atoms with E-state index in [9.17, 15) is 4.79 Å². The van der Waals surface area contributed by atoms with Crippen LogP contribution >= 0.6 is 23.2 Å². The van der Waals surface area contributed by atoms with Crippen LogP contribution in [-0.2, 0) is 0 Å². The molecular weight excluding hydrogens is 615 g/mol. The Balaban J connectivity index is 1.33. The highest BCUT2D eigenvalue weighted by molar-refractivity contribution is 6.30. The summed E-state index contributed by atoms with van der Waals surface area (Å²) in [7, 11) is 4.61. The summed E-state index contributed by atoms with van der Waals surface area (Å²) in [6.45, 7) is 0. The van der Waals surface area contributed by atoms with Gasteiger partial charge in [-0.1, -0.05) is 29.3 Å². The first-order valence-electron chi connectivity index (χ1n) is 13.5. The van der Waals surface area contributed by atoms with Gasteiger partial charge in [-0.15, -0.1) is 0 Å². The van der Waals surface area contributed by atoms with E-state index in [1.165, 1.54) is 27.4 Å². The number of anilines is 6. The molecule has 12 heteroatoms. The number of carbonyl (C=O) groups excluding carboxylic acids is 1. The summed E-state index contributed by atoms with van der Waals surface area (Å²) >= 11 is 12.1. The number of ether oxygens (including phenoxy) is 3. The highest BCUT2D eigenvalue weighted by Crippen LogP contribution is 2.38. The molecule has 0 unspecified atom stereocenters. The summed E-state index contributed by atoms with van der Waals surface area (Å²) in [6, 6.07) is 24.8. The quantitative estimate of drug-likeness (QED) is 0.0904. The second-order valence-corrected chi connectivity index (χ2v) is 10.3. The number of hydrogen-bond donors (Lipinski definition) is 3. The molecule has 0 aliphatic carbocycles. The molecule has 0 radical (unpaired) electrons. The van der Waals surface area contributed by atoms with Crippen molar-refractivity contribution in [2.45, 2.75) is 0 Å². The number of methoxy groups -OCH3 is 3. The van der Waals surface area contributed by atoms with E-state index in [0.29, 0.717) is 50.4 Å². The molecule has 0 atom stereocenters. The molecular formula is C33H28Cl2N6O4. The lowest BCUT2D eigenvalue weighted by molar-refractivity contribution is 0.104. The molecule has 0 bridgehead atoms. The number of allylic oxidation sites excluding steroid dienone is 1. The van der Waals surface area contributed by atoms with Crippen LogP contribution in [0.1, 0.15) is 15.9 Å². The summed E-state index contributed by atoms with van der Waals surface area (Å²) in [5.74, 6) is 2.17. The normalized spacial score (nSPS) is 10.8. The molecule has 0 amide bonds. The molecule has 45 heavy (non-hydrogen) atoms. The lowest BCUT2D eigenvalue weighted by Crippen LogP contribution is -2.07. The Bertz CT molecular complexity index is 1730. The first kappa shape index (κ1) is 31.1. The molecule has 0 aliphatic rings. The number of aromatic nitrogens is 3. The third kappa shape index (κ3) is 8.20. The SMILES string of the molecule is COc1cc(/C=C/C(=O)c2ccc(Nc3nc(Nc4ccc(Cl)cc4)nc(Nc4ccc(Cl)cc4)n3)cc2)cc(OC)c1OC. The summed E-state index contributed by atoms with van der Waals surface area (Å²) in [5.41, 5.74) is 3.38. The zero-order valence-electron chi connectivity index (χ0n) is 24.5. The highest BCUT2D eigenvalue weighted by atomic mass is 35.5. The van der Waals surface area contributed by atoms with Crippen LogP contribution in [0.3, 0.4) is 0 Å². The van der Waals surface area contributed by atoms with Crippen LogP contribution in [0.4, 0.5) is 34.9 Å². The Morgan fingerprint density at radius 1 is 0.622 bits per heavy atom. The minimum Gasteiger partial charge on any atom is -0.493 e. The number of ketones is 1. The Morgan fingerprint density at radius 3 is 1.40 bits per heavy atom. The van der Waals surface area contributed by atoms with E-state index in [1.54, 1.807) is 66.7 Å². The third-order valence-corrected chi connectivity index (χ3v) is 6.88. The lowest BCUT2D eigenvalue weighted by Gasteiger charge is -2.12. The molecule has 0 saturated heterocycles. The number of benzene rings is 4. The van der Waals surface area contributed by atoms with Gasteiger partial charge >= 0.3 is 0 Å². The largest absolute Gasteiger partial charge is 0.493 e. The molecule has 0 saturated carbocycles. The molecule has 5 rings (SSSR count). The maximum atomic E-state index is 12.9. The Morgan fingerprint density at radius 2 is 1.02 bits per heavy atom. The zero-order chi connectivity index (χ0) is 31.8. The summed E-state index contributed by atoms with van der Waals surface area (Å²) < 4.78 is 16.1. The van der Waals surface area contributed by atoms with Crippen LogP contribution in [0, 0.1) is 0 Å². The van der Waals surface area contributed by atoms with Crippen LogP contribution in [-0.4, -0.2) is 42.1 Å². The molecule has 3 N–H and O–H groups in total. The van der Waals surface area contributed by atoms with Crippen molar-refractivity contribution in [1.82, 2.24) is 15.0 Å². The maximum absolute atomic E-state index is 12.9. The van der Waals surface area contributed by atoms with Crippen molar-refractivity contribution >= 4 is 70.0 Å². The molecule has 5 aromatic rings. The highest BCUT2D eigenvalue weighted by Gasteiger charge is 2.13. The van der Waals surface area contributed by atoms with Gasteiger partial charge in [0.15, 0.2) is 17.3 Å². The summed E-state index contributed by atoms with van der Waals surface area (Å²) in [5, 5.41) is 10.7. The fourth-order valence-electron chi connectivity index (χ4n) is 4.18. The van der Waals surface area contributed by atoms with Gasteiger partial charge < -0.3 is 30.2 Å². The van der Waals surface area contributed by atoms with Crippen LogP contribution in [0.2, 0.25) is 10.0 Å². The van der Waals surface area contributed by atoms with Gasteiger partial charge in [0.05, 0.1) is 21.3 Å². The van der Waals surface area contributed by atoms with Gasteiger partial charge in [-0.25, -0.2) is 0 Å². The standard InChI is InChI=1S/C33H28Cl2N6O4/c1-43-28-18-20(19-29(44-2)30(28)45-3)4-17-27(42)21-5-11-24(12-6-21)36-31-39-32(37-25-13-7-22(34)8-14-25)41-33(40-31)38-26-15-9-23(35)10-16-26/h4-19H,1-3H3,(H3,36,37,38,39,40,41)/b17-4+. The van der Waals surface area contributed by atoms with E-state index in [2.05, 4.69) is 30.9 Å². The van der Waals surface area contributed by atoms with Crippen LogP contribution in [0.25, 0.3) is 6.08 Å². The van der Waals surface area contributed by atoms with Crippen molar-refractivity contribution in [2.75, 3.05) is 37.3 Å². The average molecular weight is 644 g/mol. The molecule has 228 valence electrons. The van der Waals surface area contributed by atoms with Gasteiger partial charge in [0.1, 0.15) is 0 Å². The number of rotatable bonds is 12. The van der Waals surface area contributed by atoms with Crippen molar-refractivity contribution in [3.05, 3.63) is 112 Å². The van der Waals surface area contributed by atoms with E-state index >= 15 is 0 Å². The van der Waals surface area contributed by atoms with Crippen molar-refractivity contribution in [3.8, 4) is 17.2 Å².